The van der Waals surface area contributed by atoms with Gasteiger partial charge in [0, 0.05) is 29.2 Å². The van der Waals surface area contributed by atoms with Gasteiger partial charge in [-0.2, -0.15) is 0 Å². The molecule has 3 N–H and O–H groups in total. The van der Waals surface area contributed by atoms with Gasteiger partial charge in [-0.3, -0.25) is 4.79 Å². The van der Waals surface area contributed by atoms with Crippen LogP contribution in [0.25, 0.3) is 11.3 Å². The number of hydrogen-bond donors (Lipinski definition) is 3. The second kappa shape index (κ2) is 6.72. The summed E-state index contributed by atoms with van der Waals surface area (Å²) in [6.07, 6.45) is 0. The molecule has 0 aliphatic carbocycles. The van der Waals surface area contributed by atoms with Crippen LogP contribution in [0.15, 0.2) is 47.8 Å². The van der Waals surface area contributed by atoms with Gasteiger partial charge in [-0.1, -0.05) is 12.1 Å². The molecule has 0 atom stereocenters. The number of carbonyl (C=O) groups excluding carboxylic acids is 1. The van der Waals surface area contributed by atoms with Gasteiger partial charge < -0.3 is 15.7 Å². The summed E-state index contributed by atoms with van der Waals surface area (Å²) in [6.45, 7) is 3.41. The Bertz CT molecular complexity index is 889. The summed E-state index contributed by atoms with van der Waals surface area (Å²) in [4.78, 5) is 15.8. The van der Waals surface area contributed by atoms with Crippen LogP contribution in [0.3, 0.4) is 0 Å². The first-order chi connectivity index (χ1) is 11.5. The molecule has 0 bridgehead atoms. The maximum Gasteiger partial charge on any atom is 0.221 e. The highest BCUT2D eigenvalue weighted by Crippen LogP contribution is 2.30. The quantitative estimate of drug-likeness (QED) is 0.611. The van der Waals surface area contributed by atoms with E-state index in [1.54, 1.807) is 12.1 Å². The topological polar surface area (TPSA) is 74.2 Å². The monoisotopic (exact) mass is 339 g/mol. The molecular weight excluding hydrogens is 322 g/mol. The van der Waals surface area contributed by atoms with Crippen LogP contribution in [0.2, 0.25) is 0 Å². The summed E-state index contributed by atoms with van der Waals surface area (Å²) < 4.78 is 0. The van der Waals surface area contributed by atoms with Gasteiger partial charge in [-0.05, 0) is 42.8 Å². The third-order valence-corrected chi connectivity index (χ3v) is 4.19. The second-order valence-electron chi connectivity index (χ2n) is 5.42. The first-order valence-corrected chi connectivity index (χ1v) is 8.29. The first-order valence-electron chi connectivity index (χ1n) is 7.41. The molecule has 122 valence electrons. The minimum atomic E-state index is -0.101. The molecule has 0 aliphatic heterocycles. The van der Waals surface area contributed by atoms with Crippen molar-refractivity contribution in [3.8, 4) is 17.0 Å². The number of aryl methyl sites for hydroxylation is 1. The molecule has 2 aromatic carbocycles. The number of anilines is 3. The van der Waals surface area contributed by atoms with Crippen molar-refractivity contribution in [3.63, 3.8) is 0 Å². The van der Waals surface area contributed by atoms with Crippen LogP contribution in [-0.4, -0.2) is 16.0 Å². The van der Waals surface area contributed by atoms with Crippen molar-refractivity contribution in [2.24, 2.45) is 0 Å². The minimum Gasteiger partial charge on any atom is -0.508 e. The largest absolute Gasteiger partial charge is 0.508 e. The number of phenolic OH excluding ortho intramolecular Hbond substituents is 1. The molecule has 0 aliphatic rings. The fourth-order valence-electron chi connectivity index (χ4n) is 2.33. The average Bonchev–Trinajstić information content (AvgIpc) is 2.98. The molecule has 3 aromatic rings. The van der Waals surface area contributed by atoms with E-state index in [2.05, 4.69) is 15.6 Å². The molecule has 3 rings (SSSR count). The summed E-state index contributed by atoms with van der Waals surface area (Å²) in [5.41, 5.74) is 4.37. The number of benzene rings is 2. The van der Waals surface area contributed by atoms with Gasteiger partial charge >= 0.3 is 0 Å². The highest BCUT2D eigenvalue weighted by Gasteiger charge is 2.07. The SMILES string of the molecule is CC(=O)Nc1cccc(-c2csc(Nc3ccc(O)cc3C)n2)c1. The van der Waals surface area contributed by atoms with Crippen LogP contribution in [-0.2, 0) is 4.79 Å². The summed E-state index contributed by atoms with van der Waals surface area (Å²) >= 11 is 1.50. The van der Waals surface area contributed by atoms with Gasteiger partial charge in [-0.25, -0.2) is 4.98 Å². The standard InChI is InChI=1S/C18H17N3O2S/c1-11-8-15(23)6-7-16(11)20-18-21-17(10-24-18)13-4-3-5-14(9-13)19-12(2)22/h3-10,23H,1-2H3,(H,19,22)(H,20,21). The van der Waals surface area contributed by atoms with E-state index in [1.165, 1.54) is 18.3 Å². The number of phenols is 1. The summed E-state index contributed by atoms with van der Waals surface area (Å²) in [6, 6.07) is 12.7. The molecule has 0 radical (unpaired) electrons. The summed E-state index contributed by atoms with van der Waals surface area (Å²) in [5.74, 6) is 0.142. The lowest BCUT2D eigenvalue weighted by molar-refractivity contribution is -0.114. The zero-order valence-corrected chi connectivity index (χ0v) is 14.1. The van der Waals surface area contributed by atoms with E-state index < -0.39 is 0 Å². The Morgan fingerprint density at radius 3 is 2.79 bits per heavy atom. The molecule has 6 heteroatoms. The Morgan fingerprint density at radius 1 is 1.21 bits per heavy atom. The third kappa shape index (κ3) is 3.72. The molecule has 0 unspecified atom stereocenters. The molecule has 0 saturated carbocycles. The number of nitrogens with one attached hydrogen (secondary N) is 2. The summed E-state index contributed by atoms with van der Waals surface area (Å²) in [7, 11) is 0. The highest BCUT2D eigenvalue weighted by molar-refractivity contribution is 7.14. The smallest absolute Gasteiger partial charge is 0.221 e. The average molecular weight is 339 g/mol. The van der Waals surface area contributed by atoms with Gasteiger partial charge in [0.05, 0.1) is 5.69 Å². The fraction of sp³-hybridized carbons (Fsp3) is 0.111. The third-order valence-electron chi connectivity index (χ3n) is 3.43. The molecule has 5 nitrogen and oxygen atoms in total. The van der Waals surface area contributed by atoms with Crippen LogP contribution < -0.4 is 10.6 Å². The molecule has 1 heterocycles. The number of aromatic nitrogens is 1. The van der Waals surface area contributed by atoms with Crippen molar-refractivity contribution in [2.45, 2.75) is 13.8 Å². The van der Waals surface area contributed by atoms with Gasteiger partial charge in [0.15, 0.2) is 5.13 Å². The molecule has 0 fully saturated rings. The van der Waals surface area contributed by atoms with Crippen molar-refractivity contribution in [1.29, 1.82) is 0 Å². The van der Waals surface area contributed by atoms with E-state index in [0.29, 0.717) is 0 Å². The Morgan fingerprint density at radius 2 is 2.04 bits per heavy atom. The predicted molar refractivity (Wildman–Crippen MR) is 98.0 cm³/mol. The van der Waals surface area contributed by atoms with E-state index in [0.717, 1.165) is 33.3 Å². The van der Waals surface area contributed by atoms with Crippen molar-refractivity contribution >= 4 is 33.8 Å². The fourth-order valence-corrected chi connectivity index (χ4v) is 3.06. The van der Waals surface area contributed by atoms with Crippen LogP contribution >= 0.6 is 11.3 Å². The number of thiazole rings is 1. The number of rotatable bonds is 4. The van der Waals surface area contributed by atoms with Crippen molar-refractivity contribution in [1.82, 2.24) is 4.98 Å². The molecule has 0 spiro atoms. The van der Waals surface area contributed by atoms with Gasteiger partial charge in [0.25, 0.3) is 0 Å². The molecule has 24 heavy (non-hydrogen) atoms. The van der Waals surface area contributed by atoms with Gasteiger partial charge in [-0.15, -0.1) is 11.3 Å². The second-order valence-corrected chi connectivity index (χ2v) is 6.28. The van der Waals surface area contributed by atoms with Gasteiger partial charge in [0.2, 0.25) is 5.91 Å². The zero-order valence-electron chi connectivity index (χ0n) is 13.3. The normalized spacial score (nSPS) is 10.4. The Hall–Kier alpha value is -2.86. The molecular formula is C18H17N3O2S. The van der Waals surface area contributed by atoms with Crippen LogP contribution in [0.1, 0.15) is 12.5 Å². The van der Waals surface area contributed by atoms with Crippen molar-refractivity contribution in [3.05, 3.63) is 53.4 Å². The van der Waals surface area contributed by atoms with Crippen molar-refractivity contribution < 1.29 is 9.90 Å². The zero-order chi connectivity index (χ0) is 17.1. The van der Waals surface area contributed by atoms with Crippen LogP contribution in [0, 0.1) is 6.92 Å². The lowest BCUT2D eigenvalue weighted by Crippen LogP contribution is -2.05. The van der Waals surface area contributed by atoms with E-state index in [1.807, 2.05) is 42.6 Å². The molecule has 1 aromatic heterocycles. The maximum atomic E-state index is 11.2. The number of carbonyl (C=O) groups is 1. The Balaban J connectivity index is 1.81. The molecule has 1 amide bonds. The number of aromatic hydroxyl groups is 1. The summed E-state index contributed by atoms with van der Waals surface area (Å²) in [5, 5.41) is 18.2. The Labute approximate surface area is 144 Å². The van der Waals surface area contributed by atoms with E-state index >= 15 is 0 Å². The van der Waals surface area contributed by atoms with E-state index in [4.69, 9.17) is 0 Å². The van der Waals surface area contributed by atoms with Gasteiger partial charge in [0.1, 0.15) is 5.75 Å². The van der Waals surface area contributed by atoms with E-state index in [9.17, 15) is 9.90 Å². The predicted octanol–water partition coefficient (Wildman–Crippen LogP) is 4.53. The minimum absolute atomic E-state index is 0.101. The number of nitrogens with zero attached hydrogens (tertiary/aromatic N) is 1. The number of hydrogen-bond acceptors (Lipinski definition) is 5. The lowest BCUT2D eigenvalue weighted by atomic mass is 10.1. The van der Waals surface area contributed by atoms with Crippen molar-refractivity contribution in [2.75, 3.05) is 10.6 Å². The van der Waals surface area contributed by atoms with Crippen LogP contribution in [0.4, 0.5) is 16.5 Å². The Kier molecular flexibility index (Phi) is 4.48. The maximum absolute atomic E-state index is 11.2. The van der Waals surface area contributed by atoms with Crippen LogP contribution in [0.5, 0.6) is 5.75 Å². The lowest BCUT2D eigenvalue weighted by Gasteiger charge is -2.07. The number of amides is 1. The van der Waals surface area contributed by atoms with E-state index in [-0.39, 0.29) is 11.7 Å². The molecule has 0 saturated heterocycles. The first kappa shape index (κ1) is 16.0. The highest BCUT2D eigenvalue weighted by atomic mass is 32.1.